The second-order valence-corrected chi connectivity index (χ2v) is 5.29. The van der Waals surface area contributed by atoms with Crippen LogP contribution in [0.15, 0.2) is 0 Å². The van der Waals surface area contributed by atoms with Gasteiger partial charge < -0.3 is 15.5 Å². The maximum Gasteiger partial charge on any atom is 0.239 e. The highest BCUT2D eigenvalue weighted by atomic mass is 16.2. The number of likely N-dealkylation sites (N-methyl/N-ethyl adjacent to an activating group) is 1. The van der Waals surface area contributed by atoms with Gasteiger partial charge in [-0.15, -0.1) is 0 Å². The lowest BCUT2D eigenvalue weighted by Gasteiger charge is -2.30. The zero-order valence-corrected chi connectivity index (χ0v) is 10.4. The molecule has 4 nitrogen and oxygen atoms in total. The summed E-state index contributed by atoms with van der Waals surface area (Å²) in [5.74, 6) is 0.128. The van der Waals surface area contributed by atoms with E-state index >= 15 is 0 Å². The van der Waals surface area contributed by atoms with Gasteiger partial charge in [0.05, 0.1) is 6.04 Å². The summed E-state index contributed by atoms with van der Waals surface area (Å²) in [6.45, 7) is 3.83. The second kappa shape index (κ2) is 4.72. The van der Waals surface area contributed by atoms with E-state index in [0.29, 0.717) is 12.1 Å². The molecule has 0 unspecified atom stereocenters. The molecule has 2 rings (SSSR count). The van der Waals surface area contributed by atoms with Crippen molar-refractivity contribution in [3.8, 4) is 0 Å². The van der Waals surface area contributed by atoms with Gasteiger partial charge in [0.2, 0.25) is 5.91 Å². The van der Waals surface area contributed by atoms with Crippen LogP contribution >= 0.6 is 0 Å². The van der Waals surface area contributed by atoms with Gasteiger partial charge in [0.15, 0.2) is 0 Å². The molecule has 0 aromatic rings. The molecule has 0 aromatic carbocycles. The van der Waals surface area contributed by atoms with Crippen molar-refractivity contribution >= 4 is 5.91 Å². The molecule has 0 spiro atoms. The number of rotatable bonds is 4. The molecule has 16 heavy (non-hydrogen) atoms. The van der Waals surface area contributed by atoms with E-state index < -0.39 is 0 Å². The summed E-state index contributed by atoms with van der Waals surface area (Å²) in [5, 5.41) is 0. The van der Waals surface area contributed by atoms with Crippen LogP contribution in [-0.4, -0.2) is 54.0 Å². The van der Waals surface area contributed by atoms with Crippen LogP contribution in [0.25, 0.3) is 0 Å². The Hall–Kier alpha value is -0.610. The fourth-order valence-electron chi connectivity index (χ4n) is 2.50. The monoisotopic (exact) mass is 225 g/mol. The van der Waals surface area contributed by atoms with Gasteiger partial charge in [-0.2, -0.15) is 0 Å². The predicted octanol–water partition coefficient (Wildman–Crippen LogP) is 0.419. The summed E-state index contributed by atoms with van der Waals surface area (Å²) in [6, 6.07) is 0.670. The lowest BCUT2D eigenvalue weighted by Crippen LogP contribution is -2.48. The molecule has 1 heterocycles. The van der Waals surface area contributed by atoms with E-state index in [1.165, 1.54) is 12.8 Å². The van der Waals surface area contributed by atoms with Gasteiger partial charge in [0.25, 0.3) is 0 Å². The van der Waals surface area contributed by atoms with Crippen LogP contribution in [0.4, 0.5) is 0 Å². The summed E-state index contributed by atoms with van der Waals surface area (Å²) in [6.07, 6.45) is 4.79. The molecule has 0 bridgehead atoms. The Morgan fingerprint density at radius 1 is 1.50 bits per heavy atom. The molecule has 0 radical (unpaired) electrons. The van der Waals surface area contributed by atoms with Gasteiger partial charge >= 0.3 is 0 Å². The van der Waals surface area contributed by atoms with Gasteiger partial charge in [0.1, 0.15) is 0 Å². The van der Waals surface area contributed by atoms with Gasteiger partial charge in [-0.3, -0.25) is 4.79 Å². The van der Waals surface area contributed by atoms with Crippen molar-refractivity contribution in [2.24, 2.45) is 5.73 Å². The van der Waals surface area contributed by atoms with E-state index in [2.05, 4.69) is 11.9 Å². The van der Waals surface area contributed by atoms with Crippen molar-refractivity contribution in [2.75, 3.05) is 20.1 Å². The first-order valence-electron chi connectivity index (χ1n) is 6.36. The Morgan fingerprint density at radius 3 is 2.62 bits per heavy atom. The van der Waals surface area contributed by atoms with Crippen LogP contribution in [0.1, 0.15) is 32.6 Å². The standard InChI is InChI=1S/C12H23N3O/c1-9(13)12(16)15(10-5-6-10)8-11-4-3-7-14(11)2/h9-11H,3-8,13H2,1-2H3/t9-,11-/m0/s1. The number of amides is 1. The lowest BCUT2D eigenvalue weighted by atomic mass is 10.2. The molecule has 1 amide bonds. The van der Waals surface area contributed by atoms with Crippen molar-refractivity contribution in [1.29, 1.82) is 0 Å². The molecular weight excluding hydrogens is 202 g/mol. The quantitative estimate of drug-likeness (QED) is 0.754. The highest BCUT2D eigenvalue weighted by molar-refractivity contribution is 5.81. The molecular formula is C12H23N3O. The molecule has 1 saturated carbocycles. The normalized spacial score (nSPS) is 28.1. The maximum absolute atomic E-state index is 12.0. The third-order valence-corrected chi connectivity index (χ3v) is 3.74. The van der Waals surface area contributed by atoms with Crippen LogP contribution in [0.2, 0.25) is 0 Å². The largest absolute Gasteiger partial charge is 0.337 e. The van der Waals surface area contributed by atoms with Crippen LogP contribution in [0.3, 0.4) is 0 Å². The Morgan fingerprint density at radius 2 is 2.19 bits per heavy atom. The van der Waals surface area contributed by atoms with E-state index in [1.54, 1.807) is 6.92 Å². The van der Waals surface area contributed by atoms with Gasteiger partial charge in [-0.25, -0.2) is 0 Å². The van der Waals surface area contributed by atoms with Crippen molar-refractivity contribution in [2.45, 2.75) is 50.7 Å². The molecule has 1 aliphatic carbocycles. The zero-order chi connectivity index (χ0) is 11.7. The second-order valence-electron chi connectivity index (χ2n) is 5.29. The Kier molecular flexibility index (Phi) is 3.50. The summed E-state index contributed by atoms with van der Waals surface area (Å²) >= 11 is 0. The van der Waals surface area contributed by atoms with Gasteiger partial charge in [0, 0.05) is 18.6 Å². The summed E-state index contributed by atoms with van der Waals surface area (Å²) in [7, 11) is 2.15. The minimum absolute atomic E-state index is 0.128. The van der Waals surface area contributed by atoms with Crippen molar-refractivity contribution < 1.29 is 4.79 Å². The smallest absolute Gasteiger partial charge is 0.239 e. The molecule has 2 N–H and O–H groups in total. The first kappa shape index (κ1) is 11.9. The van der Waals surface area contributed by atoms with Crippen molar-refractivity contribution in [1.82, 2.24) is 9.80 Å². The topological polar surface area (TPSA) is 49.6 Å². The van der Waals surface area contributed by atoms with E-state index in [0.717, 1.165) is 25.9 Å². The Labute approximate surface area is 97.8 Å². The third-order valence-electron chi connectivity index (χ3n) is 3.74. The maximum atomic E-state index is 12.0. The SMILES string of the molecule is C[C@H](N)C(=O)N(C[C@@H]1CCCN1C)C1CC1. The fourth-order valence-corrected chi connectivity index (χ4v) is 2.50. The summed E-state index contributed by atoms with van der Waals surface area (Å²) < 4.78 is 0. The zero-order valence-electron chi connectivity index (χ0n) is 10.4. The number of carbonyl (C=O) groups is 1. The van der Waals surface area contributed by atoms with E-state index in [4.69, 9.17) is 5.73 Å². The van der Waals surface area contributed by atoms with E-state index in [9.17, 15) is 4.79 Å². The number of hydrogen-bond donors (Lipinski definition) is 1. The molecule has 1 saturated heterocycles. The Balaban J connectivity index is 1.94. The third kappa shape index (κ3) is 2.55. The number of carbonyl (C=O) groups excluding carboxylic acids is 1. The fraction of sp³-hybridized carbons (Fsp3) is 0.917. The molecule has 0 aromatic heterocycles. The van der Waals surface area contributed by atoms with Crippen LogP contribution < -0.4 is 5.73 Å². The van der Waals surface area contributed by atoms with Crippen molar-refractivity contribution in [3.05, 3.63) is 0 Å². The highest BCUT2D eigenvalue weighted by Gasteiger charge is 2.36. The van der Waals surface area contributed by atoms with E-state index in [1.807, 2.05) is 4.90 Å². The molecule has 2 atom stereocenters. The number of nitrogens with two attached hydrogens (primary N) is 1. The number of likely N-dealkylation sites (tertiary alicyclic amines) is 1. The van der Waals surface area contributed by atoms with Crippen molar-refractivity contribution in [3.63, 3.8) is 0 Å². The van der Waals surface area contributed by atoms with Crippen LogP contribution in [0, 0.1) is 0 Å². The number of nitrogens with zero attached hydrogens (tertiary/aromatic N) is 2. The summed E-state index contributed by atoms with van der Waals surface area (Å²) in [4.78, 5) is 16.4. The highest BCUT2D eigenvalue weighted by Crippen LogP contribution is 2.29. The molecule has 92 valence electrons. The minimum Gasteiger partial charge on any atom is -0.337 e. The van der Waals surface area contributed by atoms with Gasteiger partial charge in [-0.1, -0.05) is 0 Å². The molecule has 2 aliphatic rings. The molecule has 1 aliphatic heterocycles. The number of hydrogen-bond acceptors (Lipinski definition) is 3. The minimum atomic E-state index is -0.354. The van der Waals surface area contributed by atoms with Crippen LogP contribution in [-0.2, 0) is 4.79 Å². The predicted molar refractivity (Wildman–Crippen MR) is 64.0 cm³/mol. The first-order valence-corrected chi connectivity index (χ1v) is 6.36. The first-order chi connectivity index (χ1) is 7.59. The van der Waals surface area contributed by atoms with E-state index in [-0.39, 0.29) is 11.9 Å². The van der Waals surface area contributed by atoms with Crippen LogP contribution in [0.5, 0.6) is 0 Å². The average molecular weight is 225 g/mol. The average Bonchev–Trinajstić information content (AvgIpc) is 2.99. The summed E-state index contributed by atoms with van der Waals surface area (Å²) in [5.41, 5.74) is 5.71. The van der Waals surface area contributed by atoms with Gasteiger partial charge in [-0.05, 0) is 46.2 Å². The lowest BCUT2D eigenvalue weighted by molar-refractivity contribution is -0.133. The molecule has 2 fully saturated rings. The molecule has 4 heteroatoms. The Bertz CT molecular complexity index is 263.